The number of aliphatic hydroxyl groups excluding tert-OH is 1. The molecule has 0 radical (unpaired) electrons. The van der Waals surface area contributed by atoms with E-state index in [-0.39, 0.29) is 24.5 Å². The van der Waals surface area contributed by atoms with Gasteiger partial charge in [0.2, 0.25) is 5.91 Å². The van der Waals surface area contributed by atoms with Gasteiger partial charge in [0.05, 0.1) is 12.6 Å². The molecule has 0 aromatic rings. The van der Waals surface area contributed by atoms with Gasteiger partial charge in [-0.05, 0) is 25.2 Å². The van der Waals surface area contributed by atoms with E-state index >= 15 is 0 Å². The summed E-state index contributed by atoms with van der Waals surface area (Å²) >= 11 is 0. The van der Waals surface area contributed by atoms with Crippen molar-refractivity contribution in [3.05, 3.63) is 0 Å². The third-order valence-electron chi connectivity index (χ3n) is 3.30. The minimum Gasteiger partial charge on any atom is -0.394 e. The molecule has 3 heteroatoms. The minimum atomic E-state index is 0.111. The molecule has 1 amide bonds. The highest BCUT2D eigenvalue weighted by molar-refractivity contribution is 5.82. The second-order valence-electron chi connectivity index (χ2n) is 4.33. The SMILES string of the molecule is C[C@H]1C[C@@H]1C(=O)N1CCCC1CO. The molecule has 13 heavy (non-hydrogen) atoms. The number of hydrogen-bond acceptors (Lipinski definition) is 2. The van der Waals surface area contributed by atoms with Gasteiger partial charge in [0.1, 0.15) is 0 Å². The van der Waals surface area contributed by atoms with Crippen LogP contribution in [0.4, 0.5) is 0 Å². The molecule has 0 bridgehead atoms. The largest absolute Gasteiger partial charge is 0.394 e. The smallest absolute Gasteiger partial charge is 0.226 e. The number of amides is 1. The molecule has 3 atom stereocenters. The molecule has 2 rings (SSSR count). The van der Waals surface area contributed by atoms with Gasteiger partial charge in [0.15, 0.2) is 0 Å². The Labute approximate surface area is 78.7 Å². The first-order valence-corrected chi connectivity index (χ1v) is 5.15. The summed E-state index contributed by atoms with van der Waals surface area (Å²) < 4.78 is 0. The van der Waals surface area contributed by atoms with Crippen LogP contribution < -0.4 is 0 Å². The maximum absolute atomic E-state index is 11.8. The van der Waals surface area contributed by atoms with E-state index in [4.69, 9.17) is 5.11 Å². The molecule has 1 unspecified atom stereocenters. The Hall–Kier alpha value is -0.570. The van der Waals surface area contributed by atoms with E-state index in [1.54, 1.807) is 0 Å². The first-order chi connectivity index (χ1) is 6.24. The number of carbonyl (C=O) groups is 1. The molecule has 1 heterocycles. The van der Waals surface area contributed by atoms with Crippen LogP contribution in [0.3, 0.4) is 0 Å². The van der Waals surface area contributed by atoms with Crippen molar-refractivity contribution in [3.63, 3.8) is 0 Å². The van der Waals surface area contributed by atoms with Crippen LogP contribution in [0.5, 0.6) is 0 Å². The lowest BCUT2D eigenvalue weighted by atomic mass is 10.2. The van der Waals surface area contributed by atoms with Gasteiger partial charge in [-0.2, -0.15) is 0 Å². The first-order valence-electron chi connectivity index (χ1n) is 5.15. The lowest BCUT2D eigenvalue weighted by molar-refractivity contribution is -0.134. The molecule has 2 fully saturated rings. The van der Waals surface area contributed by atoms with Crippen molar-refractivity contribution in [1.29, 1.82) is 0 Å². The van der Waals surface area contributed by atoms with E-state index in [1.165, 1.54) is 0 Å². The Kier molecular flexibility index (Phi) is 2.28. The fraction of sp³-hybridized carbons (Fsp3) is 0.900. The molecule has 1 saturated heterocycles. The Balaban J connectivity index is 1.95. The van der Waals surface area contributed by atoms with E-state index in [0.29, 0.717) is 5.92 Å². The summed E-state index contributed by atoms with van der Waals surface area (Å²) in [7, 11) is 0. The van der Waals surface area contributed by atoms with Crippen LogP contribution in [0.25, 0.3) is 0 Å². The monoisotopic (exact) mass is 183 g/mol. The molecular weight excluding hydrogens is 166 g/mol. The molecule has 0 aromatic carbocycles. The Morgan fingerprint density at radius 2 is 2.31 bits per heavy atom. The average Bonchev–Trinajstić information content (AvgIpc) is 2.70. The highest BCUT2D eigenvalue weighted by Gasteiger charge is 2.43. The van der Waals surface area contributed by atoms with Crippen molar-refractivity contribution >= 4 is 5.91 Å². The molecule has 1 saturated carbocycles. The van der Waals surface area contributed by atoms with E-state index in [1.807, 2.05) is 4.90 Å². The lowest BCUT2D eigenvalue weighted by Gasteiger charge is -2.23. The normalized spacial score (nSPS) is 38.0. The van der Waals surface area contributed by atoms with Crippen molar-refractivity contribution < 1.29 is 9.90 Å². The number of carbonyl (C=O) groups excluding carboxylic acids is 1. The quantitative estimate of drug-likeness (QED) is 0.682. The topological polar surface area (TPSA) is 40.5 Å². The van der Waals surface area contributed by atoms with Gasteiger partial charge in [0.25, 0.3) is 0 Å². The number of likely N-dealkylation sites (tertiary alicyclic amines) is 1. The van der Waals surface area contributed by atoms with Crippen molar-refractivity contribution in [2.75, 3.05) is 13.2 Å². The molecule has 0 spiro atoms. The summed E-state index contributed by atoms with van der Waals surface area (Å²) in [5.74, 6) is 1.13. The summed E-state index contributed by atoms with van der Waals surface area (Å²) in [6, 6.07) is 0.111. The summed E-state index contributed by atoms with van der Waals surface area (Å²) in [6.45, 7) is 3.10. The van der Waals surface area contributed by atoms with E-state index in [9.17, 15) is 4.79 Å². The molecule has 74 valence electrons. The molecule has 1 aliphatic carbocycles. The highest BCUT2D eigenvalue weighted by Crippen LogP contribution is 2.40. The number of hydrogen-bond donors (Lipinski definition) is 1. The third-order valence-corrected chi connectivity index (χ3v) is 3.30. The predicted molar refractivity (Wildman–Crippen MR) is 49.1 cm³/mol. The summed E-state index contributed by atoms with van der Waals surface area (Å²) in [5.41, 5.74) is 0. The zero-order chi connectivity index (χ0) is 9.42. The van der Waals surface area contributed by atoms with Gasteiger partial charge in [-0.15, -0.1) is 0 Å². The van der Waals surface area contributed by atoms with Gasteiger partial charge in [-0.25, -0.2) is 0 Å². The molecule has 3 nitrogen and oxygen atoms in total. The fourth-order valence-corrected chi connectivity index (χ4v) is 2.19. The van der Waals surface area contributed by atoms with Crippen molar-refractivity contribution in [2.45, 2.75) is 32.2 Å². The third kappa shape index (κ3) is 1.57. The predicted octanol–water partition coefficient (Wildman–Crippen LogP) is 0.626. The van der Waals surface area contributed by atoms with Crippen molar-refractivity contribution in [1.82, 2.24) is 4.90 Å². The average molecular weight is 183 g/mol. The Bertz CT molecular complexity index is 217. The summed E-state index contributed by atoms with van der Waals surface area (Å²) in [4.78, 5) is 13.7. The molecule has 1 aliphatic heterocycles. The zero-order valence-electron chi connectivity index (χ0n) is 8.07. The first kappa shape index (κ1) is 9.00. The second-order valence-corrected chi connectivity index (χ2v) is 4.33. The van der Waals surface area contributed by atoms with E-state index in [2.05, 4.69) is 6.92 Å². The summed E-state index contributed by atoms with van der Waals surface area (Å²) in [6.07, 6.45) is 3.08. The zero-order valence-corrected chi connectivity index (χ0v) is 8.07. The van der Waals surface area contributed by atoms with Crippen LogP contribution in [0, 0.1) is 11.8 Å². The van der Waals surface area contributed by atoms with Crippen LogP contribution >= 0.6 is 0 Å². The van der Waals surface area contributed by atoms with Crippen LogP contribution in [-0.4, -0.2) is 35.1 Å². The van der Waals surface area contributed by atoms with Gasteiger partial charge in [0, 0.05) is 12.5 Å². The standard InChI is InChI=1S/C10H17NO2/c1-7-5-9(7)10(13)11-4-2-3-8(11)6-12/h7-9,12H,2-6H2,1H3/t7-,8?,9-/m0/s1. The lowest BCUT2D eigenvalue weighted by Crippen LogP contribution is -2.38. The van der Waals surface area contributed by atoms with Gasteiger partial charge < -0.3 is 10.0 Å². The fourth-order valence-electron chi connectivity index (χ4n) is 2.19. The van der Waals surface area contributed by atoms with Crippen molar-refractivity contribution in [3.8, 4) is 0 Å². The summed E-state index contributed by atoms with van der Waals surface area (Å²) in [5, 5.41) is 9.06. The molecule has 0 aromatic heterocycles. The molecular formula is C10H17NO2. The van der Waals surface area contributed by atoms with Crippen LogP contribution in [0.2, 0.25) is 0 Å². The molecule has 1 N–H and O–H groups in total. The van der Waals surface area contributed by atoms with E-state index in [0.717, 1.165) is 25.8 Å². The molecule has 2 aliphatic rings. The minimum absolute atomic E-state index is 0.111. The van der Waals surface area contributed by atoms with Gasteiger partial charge in [-0.3, -0.25) is 4.79 Å². The van der Waals surface area contributed by atoms with Crippen LogP contribution in [0.15, 0.2) is 0 Å². The maximum atomic E-state index is 11.8. The Morgan fingerprint density at radius 3 is 2.85 bits per heavy atom. The number of nitrogens with zero attached hydrogens (tertiary/aromatic N) is 1. The maximum Gasteiger partial charge on any atom is 0.226 e. The second kappa shape index (κ2) is 3.29. The number of aliphatic hydroxyl groups is 1. The number of rotatable bonds is 2. The van der Waals surface area contributed by atoms with Gasteiger partial charge in [-0.1, -0.05) is 6.92 Å². The van der Waals surface area contributed by atoms with E-state index < -0.39 is 0 Å². The Morgan fingerprint density at radius 1 is 1.62 bits per heavy atom. The van der Waals surface area contributed by atoms with Crippen LogP contribution in [-0.2, 0) is 4.79 Å². The van der Waals surface area contributed by atoms with Gasteiger partial charge >= 0.3 is 0 Å². The van der Waals surface area contributed by atoms with Crippen molar-refractivity contribution in [2.24, 2.45) is 11.8 Å². The van der Waals surface area contributed by atoms with Crippen LogP contribution in [0.1, 0.15) is 26.2 Å². The highest BCUT2D eigenvalue weighted by atomic mass is 16.3.